The zero-order chi connectivity index (χ0) is 17.2. The Labute approximate surface area is 151 Å². The smallest absolute Gasteiger partial charge is 0.275 e. The van der Waals surface area contributed by atoms with Crippen LogP contribution >= 0.6 is 11.3 Å². The highest BCUT2D eigenvalue weighted by Crippen LogP contribution is 2.29. The van der Waals surface area contributed by atoms with Crippen LogP contribution in [0.1, 0.15) is 40.2 Å². The Morgan fingerprint density at radius 1 is 1.20 bits per heavy atom. The molecule has 2 aromatic heterocycles. The monoisotopic (exact) mass is 354 g/mol. The molecule has 1 aliphatic heterocycles. The molecule has 6 heteroatoms. The molecular formula is C19H22N4OS. The van der Waals surface area contributed by atoms with E-state index in [1.165, 1.54) is 23.3 Å². The first-order valence-electron chi connectivity index (χ1n) is 8.77. The van der Waals surface area contributed by atoms with Gasteiger partial charge in [0, 0.05) is 18.5 Å². The van der Waals surface area contributed by atoms with Crippen LogP contribution in [0.4, 0.5) is 0 Å². The maximum atomic E-state index is 12.6. The molecule has 1 amide bonds. The number of carbonyl (C=O) groups is 1. The predicted molar refractivity (Wildman–Crippen MR) is 101 cm³/mol. The molecule has 4 rings (SSSR count). The molecule has 3 heterocycles. The van der Waals surface area contributed by atoms with Crippen molar-refractivity contribution in [3.05, 3.63) is 52.5 Å². The minimum atomic E-state index is -0.00578. The Bertz CT molecular complexity index is 878. The van der Waals surface area contributed by atoms with Gasteiger partial charge in [-0.05, 0) is 31.4 Å². The van der Waals surface area contributed by atoms with Crippen LogP contribution in [0.25, 0.3) is 10.2 Å². The zero-order valence-electron chi connectivity index (χ0n) is 14.4. The zero-order valence-corrected chi connectivity index (χ0v) is 15.2. The predicted octanol–water partition coefficient (Wildman–Crippen LogP) is 3.59. The van der Waals surface area contributed by atoms with Gasteiger partial charge in [-0.3, -0.25) is 14.9 Å². The lowest BCUT2D eigenvalue weighted by Crippen LogP contribution is -2.44. The van der Waals surface area contributed by atoms with Gasteiger partial charge in [-0.25, -0.2) is 5.01 Å². The van der Waals surface area contributed by atoms with E-state index in [1.807, 2.05) is 40.9 Å². The number of hydrogen-bond donors (Lipinski definition) is 1. The number of carbonyl (C=O) groups excluding carboxylic acids is 1. The third kappa shape index (κ3) is 3.45. The van der Waals surface area contributed by atoms with Crippen molar-refractivity contribution in [1.29, 1.82) is 0 Å². The van der Waals surface area contributed by atoms with E-state index >= 15 is 0 Å². The number of amides is 1. The molecule has 0 radical (unpaired) electrons. The number of rotatable bonds is 4. The van der Waals surface area contributed by atoms with Crippen LogP contribution in [0.2, 0.25) is 0 Å². The number of thiophene rings is 1. The summed E-state index contributed by atoms with van der Waals surface area (Å²) >= 11 is 1.52. The van der Waals surface area contributed by atoms with Crippen molar-refractivity contribution in [2.45, 2.75) is 32.7 Å². The second kappa shape index (κ2) is 6.98. The van der Waals surface area contributed by atoms with Crippen LogP contribution < -0.4 is 5.43 Å². The largest absolute Gasteiger partial charge is 0.284 e. The molecule has 0 aliphatic carbocycles. The van der Waals surface area contributed by atoms with E-state index in [2.05, 4.69) is 22.7 Å². The average Bonchev–Trinajstić information content (AvgIpc) is 3.19. The van der Waals surface area contributed by atoms with Crippen molar-refractivity contribution in [1.82, 2.24) is 20.2 Å². The molecule has 1 aromatic carbocycles. The number of aromatic nitrogens is 2. The SMILES string of the molecule is Cc1nn(Cc2ccccc2)c2sc(C(=O)NN3CCCCC3)cc12. The minimum absolute atomic E-state index is 0.00578. The maximum Gasteiger partial charge on any atom is 0.275 e. The number of piperidine rings is 1. The number of aryl methyl sites for hydroxylation is 1. The van der Waals surface area contributed by atoms with Crippen molar-refractivity contribution in [2.75, 3.05) is 13.1 Å². The third-order valence-electron chi connectivity index (χ3n) is 4.62. The number of hydrazine groups is 1. The molecule has 3 aromatic rings. The van der Waals surface area contributed by atoms with Gasteiger partial charge in [-0.1, -0.05) is 36.8 Å². The van der Waals surface area contributed by atoms with Crippen molar-refractivity contribution in [2.24, 2.45) is 0 Å². The molecule has 1 N–H and O–H groups in total. The van der Waals surface area contributed by atoms with Crippen molar-refractivity contribution >= 4 is 27.5 Å². The second-order valence-electron chi connectivity index (χ2n) is 6.55. The summed E-state index contributed by atoms with van der Waals surface area (Å²) in [6.45, 7) is 4.61. The first-order valence-corrected chi connectivity index (χ1v) is 9.59. The van der Waals surface area contributed by atoms with Gasteiger partial charge >= 0.3 is 0 Å². The molecule has 1 fully saturated rings. The third-order valence-corrected chi connectivity index (χ3v) is 5.77. The summed E-state index contributed by atoms with van der Waals surface area (Å²) in [5.41, 5.74) is 5.23. The van der Waals surface area contributed by atoms with Crippen LogP contribution in [0.5, 0.6) is 0 Å². The Hall–Kier alpha value is -2.18. The number of hydrogen-bond acceptors (Lipinski definition) is 4. The fourth-order valence-corrected chi connectivity index (χ4v) is 4.34. The average molecular weight is 354 g/mol. The van der Waals surface area contributed by atoms with Gasteiger partial charge in [-0.15, -0.1) is 11.3 Å². The summed E-state index contributed by atoms with van der Waals surface area (Å²) in [4.78, 5) is 14.4. The van der Waals surface area contributed by atoms with E-state index in [9.17, 15) is 4.79 Å². The molecule has 1 aliphatic rings. The van der Waals surface area contributed by atoms with E-state index < -0.39 is 0 Å². The Kier molecular flexibility index (Phi) is 4.55. The van der Waals surface area contributed by atoms with Crippen molar-refractivity contribution < 1.29 is 4.79 Å². The van der Waals surface area contributed by atoms with Crippen LogP contribution in [0, 0.1) is 6.92 Å². The molecule has 0 saturated carbocycles. The van der Waals surface area contributed by atoms with Crippen molar-refractivity contribution in [3.8, 4) is 0 Å². The van der Waals surface area contributed by atoms with E-state index in [0.29, 0.717) is 0 Å². The van der Waals surface area contributed by atoms with Gasteiger partial charge in [0.15, 0.2) is 0 Å². The van der Waals surface area contributed by atoms with E-state index in [4.69, 9.17) is 0 Å². The molecule has 130 valence electrons. The number of nitrogens with one attached hydrogen (secondary N) is 1. The Balaban J connectivity index is 1.57. The number of fused-ring (bicyclic) bond motifs is 1. The van der Waals surface area contributed by atoms with Gasteiger partial charge in [0.1, 0.15) is 4.83 Å². The molecule has 25 heavy (non-hydrogen) atoms. The lowest BCUT2D eigenvalue weighted by atomic mass is 10.2. The Morgan fingerprint density at radius 2 is 1.96 bits per heavy atom. The summed E-state index contributed by atoms with van der Waals surface area (Å²) in [5.74, 6) is -0.00578. The second-order valence-corrected chi connectivity index (χ2v) is 7.58. The highest BCUT2D eigenvalue weighted by Gasteiger charge is 2.19. The van der Waals surface area contributed by atoms with Gasteiger partial charge in [-0.2, -0.15) is 5.10 Å². The van der Waals surface area contributed by atoms with E-state index in [1.54, 1.807) is 0 Å². The lowest BCUT2D eigenvalue weighted by molar-refractivity contribution is 0.0754. The molecule has 1 saturated heterocycles. The van der Waals surface area contributed by atoms with Crippen LogP contribution in [-0.4, -0.2) is 33.8 Å². The van der Waals surface area contributed by atoms with Gasteiger partial charge in [0.25, 0.3) is 5.91 Å². The quantitative estimate of drug-likeness (QED) is 0.779. The fraction of sp³-hybridized carbons (Fsp3) is 0.368. The highest BCUT2D eigenvalue weighted by atomic mass is 32.1. The van der Waals surface area contributed by atoms with Crippen LogP contribution in [0.3, 0.4) is 0 Å². The number of benzene rings is 1. The van der Waals surface area contributed by atoms with Gasteiger partial charge in [0.05, 0.1) is 17.1 Å². The Morgan fingerprint density at radius 3 is 2.72 bits per heavy atom. The fourth-order valence-electron chi connectivity index (χ4n) is 3.29. The summed E-state index contributed by atoms with van der Waals surface area (Å²) in [7, 11) is 0. The minimum Gasteiger partial charge on any atom is -0.284 e. The highest BCUT2D eigenvalue weighted by molar-refractivity contribution is 7.20. The lowest BCUT2D eigenvalue weighted by Gasteiger charge is -2.26. The van der Waals surface area contributed by atoms with Crippen LogP contribution in [-0.2, 0) is 6.54 Å². The molecule has 0 unspecified atom stereocenters. The number of nitrogens with zero attached hydrogens (tertiary/aromatic N) is 3. The summed E-state index contributed by atoms with van der Waals surface area (Å²) < 4.78 is 2.00. The van der Waals surface area contributed by atoms with E-state index in [-0.39, 0.29) is 5.91 Å². The van der Waals surface area contributed by atoms with E-state index in [0.717, 1.165) is 53.3 Å². The molecular weight excluding hydrogens is 332 g/mol. The standard InChI is InChI=1S/C19H22N4OS/c1-14-16-12-17(18(24)21-22-10-6-3-7-11-22)25-19(16)23(20-14)13-15-8-4-2-5-9-15/h2,4-5,8-9,12H,3,6-7,10-11,13H2,1H3,(H,21,24). The summed E-state index contributed by atoms with van der Waals surface area (Å²) in [5, 5.41) is 7.76. The summed E-state index contributed by atoms with van der Waals surface area (Å²) in [6.07, 6.45) is 3.56. The molecule has 0 spiro atoms. The summed E-state index contributed by atoms with van der Waals surface area (Å²) in [6, 6.07) is 12.3. The molecule has 0 atom stereocenters. The van der Waals surface area contributed by atoms with Gasteiger partial charge in [0.2, 0.25) is 0 Å². The van der Waals surface area contributed by atoms with Crippen LogP contribution in [0.15, 0.2) is 36.4 Å². The first-order chi connectivity index (χ1) is 12.2. The molecule has 5 nitrogen and oxygen atoms in total. The van der Waals surface area contributed by atoms with Gasteiger partial charge < -0.3 is 0 Å². The van der Waals surface area contributed by atoms with Crippen molar-refractivity contribution in [3.63, 3.8) is 0 Å². The normalized spacial score (nSPS) is 15.6. The topological polar surface area (TPSA) is 50.2 Å². The molecule has 0 bridgehead atoms. The maximum absolute atomic E-state index is 12.6. The first kappa shape index (κ1) is 16.3.